The summed E-state index contributed by atoms with van der Waals surface area (Å²) >= 11 is 0. The standard InChI is InChI=1S/C16H18N4O3/c1-22-16(21)19-14-4-2-3-12(9-14)13-10-17-15(18-11-13)20-5-7-23-8-6-20/h2-4,9-11H,5-8H2,1H3,(H,19,21). The van der Waals surface area contributed by atoms with Crippen LogP contribution in [0.4, 0.5) is 16.4 Å². The van der Waals surface area contributed by atoms with Gasteiger partial charge < -0.3 is 14.4 Å². The highest BCUT2D eigenvalue weighted by molar-refractivity contribution is 5.85. The quantitative estimate of drug-likeness (QED) is 0.935. The van der Waals surface area contributed by atoms with Gasteiger partial charge in [0.05, 0.1) is 20.3 Å². The van der Waals surface area contributed by atoms with Crippen molar-refractivity contribution in [3.8, 4) is 11.1 Å². The third kappa shape index (κ3) is 3.75. The smallest absolute Gasteiger partial charge is 0.411 e. The molecule has 0 unspecified atom stereocenters. The van der Waals surface area contributed by atoms with Crippen molar-refractivity contribution in [1.29, 1.82) is 0 Å². The highest BCUT2D eigenvalue weighted by Gasteiger charge is 2.13. The van der Waals surface area contributed by atoms with E-state index in [4.69, 9.17) is 4.74 Å². The third-order valence-corrected chi connectivity index (χ3v) is 3.56. The van der Waals surface area contributed by atoms with Crippen molar-refractivity contribution < 1.29 is 14.3 Å². The molecule has 2 aromatic rings. The average Bonchev–Trinajstić information content (AvgIpc) is 2.63. The fourth-order valence-corrected chi connectivity index (χ4v) is 2.34. The fourth-order valence-electron chi connectivity index (χ4n) is 2.34. The van der Waals surface area contributed by atoms with Gasteiger partial charge in [0.1, 0.15) is 0 Å². The predicted octanol–water partition coefficient (Wildman–Crippen LogP) is 2.16. The predicted molar refractivity (Wildman–Crippen MR) is 86.5 cm³/mol. The molecule has 120 valence electrons. The van der Waals surface area contributed by atoms with Gasteiger partial charge in [-0.2, -0.15) is 0 Å². The summed E-state index contributed by atoms with van der Waals surface area (Å²) in [6.07, 6.45) is 3.07. The van der Waals surface area contributed by atoms with Crippen LogP contribution in [0.3, 0.4) is 0 Å². The van der Waals surface area contributed by atoms with Gasteiger partial charge in [0.2, 0.25) is 5.95 Å². The number of benzene rings is 1. The first-order valence-corrected chi connectivity index (χ1v) is 7.36. The molecule has 0 aliphatic carbocycles. The zero-order valence-electron chi connectivity index (χ0n) is 12.9. The van der Waals surface area contributed by atoms with Crippen molar-refractivity contribution in [2.24, 2.45) is 0 Å². The van der Waals surface area contributed by atoms with Crippen LogP contribution in [0, 0.1) is 0 Å². The molecular formula is C16H18N4O3. The molecule has 0 saturated carbocycles. The second kappa shape index (κ2) is 7.06. The third-order valence-electron chi connectivity index (χ3n) is 3.56. The minimum Gasteiger partial charge on any atom is -0.453 e. The molecular weight excluding hydrogens is 296 g/mol. The number of anilines is 2. The first-order chi connectivity index (χ1) is 11.3. The average molecular weight is 314 g/mol. The van der Waals surface area contributed by atoms with Gasteiger partial charge in [-0.1, -0.05) is 12.1 Å². The topological polar surface area (TPSA) is 76.6 Å². The van der Waals surface area contributed by atoms with Crippen LogP contribution < -0.4 is 10.2 Å². The summed E-state index contributed by atoms with van der Waals surface area (Å²) in [5.74, 6) is 0.709. The molecule has 0 bridgehead atoms. The maximum absolute atomic E-state index is 11.3. The number of ether oxygens (including phenoxy) is 2. The number of methoxy groups -OCH3 is 1. The minimum atomic E-state index is -0.499. The van der Waals surface area contributed by atoms with E-state index in [1.165, 1.54) is 7.11 Å². The molecule has 3 rings (SSSR count). The van der Waals surface area contributed by atoms with Crippen LogP contribution in [0.2, 0.25) is 0 Å². The summed E-state index contributed by atoms with van der Waals surface area (Å²) in [6, 6.07) is 7.44. The van der Waals surface area contributed by atoms with Gasteiger partial charge in [0, 0.05) is 36.7 Å². The van der Waals surface area contributed by atoms with Gasteiger partial charge in [-0.15, -0.1) is 0 Å². The van der Waals surface area contributed by atoms with E-state index in [0.717, 1.165) is 24.2 Å². The minimum absolute atomic E-state index is 0.499. The highest BCUT2D eigenvalue weighted by Crippen LogP contribution is 2.22. The molecule has 1 aliphatic heterocycles. The second-order valence-electron chi connectivity index (χ2n) is 5.07. The summed E-state index contributed by atoms with van der Waals surface area (Å²) in [6.45, 7) is 3.01. The van der Waals surface area contributed by atoms with E-state index in [2.05, 4.69) is 24.9 Å². The van der Waals surface area contributed by atoms with E-state index in [9.17, 15) is 4.79 Å². The van der Waals surface area contributed by atoms with Crippen LogP contribution in [-0.4, -0.2) is 49.5 Å². The van der Waals surface area contributed by atoms with Crippen LogP contribution >= 0.6 is 0 Å². The van der Waals surface area contributed by atoms with Crippen LogP contribution in [-0.2, 0) is 9.47 Å². The maximum atomic E-state index is 11.3. The monoisotopic (exact) mass is 314 g/mol. The molecule has 23 heavy (non-hydrogen) atoms. The first kappa shape index (κ1) is 15.2. The molecule has 2 heterocycles. The lowest BCUT2D eigenvalue weighted by Crippen LogP contribution is -2.37. The van der Waals surface area contributed by atoms with Crippen molar-refractivity contribution >= 4 is 17.7 Å². The molecule has 0 radical (unpaired) electrons. The number of hydrogen-bond donors (Lipinski definition) is 1. The Labute approximate surface area is 134 Å². The van der Waals surface area contributed by atoms with Crippen molar-refractivity contribution in [2.45, 2.75) is 0 Å². The summed E-state index contributed by atoms with van der Waals surface area (Å²) < 4.78 is 9.92. The molecule has 7 nitrogen and oxygen atoms in total. The SMILES string of the molecule is COC(=O)Nc1cccc(-c2cnc(N3CCOCC3)nc2)c1. The zero-order chi connectivity index (χ0) is 16.1. The van der Waals surface area contributed by atoms with Gasteiger partial charge in [-0.25, -0.2) is 14.8 Å². The Balaban J connectivity index is 1.76. The summed E-state index contributed by atoms with van der Waals surface area (Å²) in [5, 5.41) is 2.64. The fraction of sp³-hybridized carbons (Fsp3) is 0.312. The van der Waals surface area contributed by atoms with Gasteiger partial charge in [0.15, 0.2) is 0 Å². The number of amides is 1. The molecule has 0 spiro atoms. The van der Waals surface area contributed by atoms with Crippen molar-refractivity contribution in [1.82, 2.24) is 9.97 Å². The Morgan fingerprint density at radius 1 is 1.22 bits per heavy atom. The number of carbonyl (C=O) groups is 1. The Hall–Kier alpha value is -2.67. The highest BCUT2D eigenvalue weighted by atomic mass is 16.5. The number of rotatable bonds is 3. The lowest BCUT2D eigenvalue weighted by atomic mass is 10.1. The van der Waals surface area contributed by atoms with Crippen molar-refractivity contribution in [2.75, 3.05) is 43.6 Å². The Morgan fingerprint density at radius 2 is 1.96 bits per heavy atom. The van der Waals surface area contributed by atoms with Gasteiger partial charge in [-0.3, -0.25) is 5.32 Å². The number of aromatic nitrogens is 2. The largest absolute Gasteiger partial charge is 0.453 e. The van der Waals surface area contributed by atoms with Gasteiger partial charge in [0.25, 0.3) is 0 Å². The van der Waals surface area contributed by atoms with Crippen LogP contribution in [0.25, 0.3) is 11.1 Å². The molecule has 7 heteroatoms. The normalized spacial score (nSPS) is 14.4. The lowest BCUT2D eigenvalue weighted by Gasteiger charge is -2.26. The maximum Gasteiger partial charge on any atom is 0.411 e. The summed E-state index contributed by atoms with van der Waals surface area (Å²) in [4.78, 5) is 22.2. The first-order valence-electron chi connectivity index (χ1n) is 7.36. The van der Waals surface area contributed by atoms with Gasteiger partial charge >= 0.3 is 6.09 Å². The van der Waals surface area contributed by atoms with Crippen molar-refractivity contribution in [3.63, 3.8) is 0 Å². The van der Waals surface area contributed by atoms with E-state index >= 15 is 0 Å². The molecule has 1 amide bonds. The van der Waals surface area contributed by atoms with E-state index < -0.39 is 6.09 Å². The van der Waals surface area contributed by atoms with Crippen molar-refractivity contribution in [3.05, 3.63) is 36.7 Å². The van der Waals surface area contributed by atoms with E-state index in [0.29, 0.717) is 24.8 Å². The molecule has 1 fully saturated rings. The number of nitrogens with zero attached hydrogens (tertiary/aromatic N) is 3. The second-order valence-corrected chi connectivity index (χ2v) is 5.07. The zero-order valence-corrected chi connectivity index (χ0v) is 12.9. The molecule has 1 aliphatic rings. The van der Waals surface area contributed by atoms with E-state index in [-0.39, 0.29) is 0 Å². The van der Waals surface area contributed by atoms with Gasteiger partial charge in [-0.05, 0) is 17.7 Å². The van der Waals surface area contributed by atoms with Crippen LogP contribution in [0.15, 0.2) is 36.7 Å². The lowest BCUT2D eigenvalue weighted by molar-refractivity contribution is 0.122. The van der Waals surface area contributed by atoms with Crippen LogP contribution in [0.5, 0.6) is 0 Å². The number of carbonyl (C=O) groups excluding carboxylic acids is 1. The number of hydrogen-bond acceptors (Lipinski definition) is 6. The Morgan fingerprint density at radius 3 is 2.65 bits per heavy atom. The molecule has 0 atom stereocenters. The van der Waals surface area contributed by atoms with Crippen LogP contribution in [0.1, 0.15) is 0 Å². The Kier molecular flexibility index (Phi) is 4.68. The van der Waals surface area contributed by atoms with E-state index in [1.807, 2.05) is 18.2 Å². The number of nitrogens with one attached hydrogen (secondary N) is 1. The molecule has 1 N–H and O–H groups in total. The van der Waals surface area contributed by atoms with E-state index in [1.54, 1.807) is 18.5 Å². The molecule has 1 saturated heterocycles. The number of morpholine rings is 1. The summed E-state index contributed by atoms with van der Waals surface area (Å²) in [7, 11) is 1.33. The molecule has 1 aromatic heterocycles. The summed E-state index contributed by atoms with van der Waals surface area (Å²) in [5.41, 5.74) is 2.47. The molecule has 1 aromatic carbocycles. The Bertz CT molecular complexity index is 669.